The van der Waals surface area contributed by atoms with Crippen LogP contribution in [0, 0.1) is 5.92 Å². The molecular weight excluding hydrogens is 307 g/mol. The normalized spacial score (nSPS) is 18.1. The summed E-state index contributed by atoms with van der Waals surface area (Å²) in [6.45, 7) is 8.34. The van der Waals surface area contributed by atoms with Crippen molar-refractivity contribution in [2.75, 3.05) is 26.2 Å². The van der Waals surface area contributed by atoms with Crippen LogP contribution >= 0.6 is 23.2 Å². The van der Waals surface area contributed by atoms with Crippen LogP contribution in [0.5, 0.6) is 5.75 Å². The molecule has 1 saturated heterocycles. The van der Waals surface area contributed by atoms with Crippen molar-refractivity contribution in [2.45, 2.75) is 32.7 Å². The van der Waals surface area contributed by atoms with E-state index in [0.717, 1.165) is 44.6 Å². The number of hydrogen-bond donors (Lipinski definition) is 2. The van der Waals surface area contributed by atoms with E-state index in [0.29, 0.717) is 16.0 Å². The first-order chi connectivity index (χ1) is 9.99. The lowest BCUT2D eigenvalue weighted by Crippen LogP contribution is -2.45. The molecule has 3 nitrogen and oxygen atoms in total. The smallest absolute Gasteiger partial charge is 0.123 e. The van der Waals surface area contributed by atoms with Gasteiger partial charge in [0.25, 0.3) is 0 Å². The van der Waals surface area contributed by atoms with Crippen LogP contribution in [0.25, 0.3) is 0 Å². The van der Waals surface area contributed by atoms with E-state index in [-0.39, 0.29) is 11.8 Å². The monoisotopic (exact) mass is 330 g/mol. The molecule has 1 heterocycles. The second kappa shape index (κ2) is 7.68. The van der Waals surface area contributed by atoms with Crippen molar-refractivity contribution in [3.8, 4) is 5.75 Å². The minimum absolute atomic E-state index is 0.152. The quantitative estimate of drug-likeness (QED) is 0.853. The Bertz CT molecular complexity index is 450. The summed E-state index contributed by atoms with van der Waals surface area (Å²) < 4.78 is 0. The van der Waals surface area contributed by atoms with Gasteiger partial charge in [-0.25, -0.2) is 0 Å². The summed E-state index contributed by atoms with van der Waals surface area (Å²) >= 11 is 12.3. The standard InChI is InChI=1S/C16H24Cl2N2O/c1-11(2)3-4-14(20-7-5-19-6-8-20)16-13(18)9-12(17)10-15(16)21/h9-11,14,19,21H,3-8H2,1-2H3/t14-/m0/s1. The van der Waals surface area contributed by atoms with Crippen LogP contribution < -0.4 is 5.32 Å². The van der Waals surface area contributed by atoms with Crippen molar-refractivity contribution < 1.29 is 5.11 Å². The molecule has 1 aliphatic heterocycles. The topological polar surface area (TPSA) is 35.5 Å². The number of aromatic hydroxyl groups is 1. The number of phenolic OH excluding ortho intramolecular Hbond substituents is 1. The minimum atomic E-state index is 0.152. The van der Waals surface area contributed by atoms with Gasteiger partial charge in [-0.1, -0.05) is 37.0 Å². The fourth-order valence-electron chi connectivity index (χ4n) is 2.90. The van der Waals surface area contributed by atoms with Crippen LogP contribution in [-0.4, -0.2) is 36.2 Å². The Morgan fingerprint density at radius 1 is 1.19 bits per heavy atom. The first-order valence-corrected chi connectivity index (χ1v) is 8.37. The Morgan fingerprint density at radius 3 is 2.43 bits per heavy atom. The highest BCUT2D eigenvalue weighted by Gasteiger charge is 2.26. The molecule has 2 N–H and O–H groups in total. The fourth-order valence-corrected chi connectivity index (χ4v) is 3.50. The lowest BCUT2D eigenvalue weighted by molar-refractivity contribution is 0.157. The summed E-state index contributed by atoms with van der Waals surface area (Å²) in [6, 6.07) is 3.47. The predicted molar refractivity (Wildman–Crippen MR) is 89.4 cm³/mol. The van der Waals surface area contributed by atoms with Crippen molar-refractivity contribution in [3.63, 3.8) is 0 Å². The van der Waals surface area contributed by atoms with Crippen molar-refractivity contribution in [1.29, 1.82) is 0 Å². The van der Waals surface area contributed by atoms with Crippen LogP contribution in [0.15, 0.2) is 12.1 Å². The van der Waals surface area contributed by atoms with Crippen molar-refractivity contribution in [2.24, 2.45) is 5.92 Å². The summed E-state index contributed by atoms with van der Waals surface area (Å²) in [7, 11) is 0. The third-order valence-corrected chi connectivity index (χ3v) is 4.55. The Morgan fingerprint density at radius 2 is 1.86 bits per heavy atom. The van der Waals surface area contributed by atoms with Crippen LogP contribution in [0.3, 0.4) is 0 Å². The first kappa shape index (κ1) is 16.9. The number of phenols is 1. The van der Waals surface area contributed by atoms with Crippen LogP contribution in [0.4, 0.5) is 0 Å². The van der Waals surface area contributed by atoms with Gasteiger partial charge in [0.05, 0.1) is 5.02 Å². The van der Waals surface area contributed by atoms with Crippen LogP contribution in [0.1, 0.15) is 38.3 Å². The zero-order valence-corrected chi connectivity index (χ0v) is 14.2. The van der Waals surface area contributed by atoms with E-state index < -0.39 is 0 Å². The van der Waals surface area contributed by atoms with Gasteiger partial charge in [0.2, 0.25) is 0 Å². The third-order valence-electron chi connectivity index (χ3n) is 4.02. The van der Waals surface area contributed by atoms with Crippen molar-refractivity contribution in [1.82, 2.24) is 10.2 Å². The van der Waals surface area contributed by atoms with Gasteiger partial charge in [0, 0.05) is 42.8 Å². The molecule has 21 heavy (non-hydrogen) atoms. The summed E-state index contributed by atoms with van der Waals surface area (Å²) in [4.78, 5) is 2.41. The molecule has 0 radical (unpaired) electrons. The number of hydrogen-bond acceptors (Lipinski definition) is 3. The second-order valence-electron chi connectivity index (χ2n) is 6.09. The molecule has 0 unspecified atom stereocenters. The van der Waals surface area contributed by atoms with E-state index in [1.165, 1.54) is 0 Å². The molecule has 2 rings (SSSR count). The minimum Gasteiger partial charge on any atom is -0.508 e. The average molecular weight is 331 g/mol. The number of halogens is 2. The predicted octanol–water partition coefficient (Wildman–Crippen LogP) is 4.08. The highest BCUT2D eigenvalue weighted by atomic mass is 35.5. The van der Waals surface area contributed by atoms with Crippen LogP contribution in [-0.2, 0) is 0 Å². The maximum Gasteiger partial charge on any atom is 0.123 e. The van der Waals surface area contributed by atoms with Gasteiger partial charge in [-0.3, -0.25) is 4.90 Å². The van der Waals surface area contributed by atoms with E-state index >= 15 is 0 Å². The van der Waals surface area contributed by atoms with E-state index in [4.69, 9.17) is 23.2 Å². The highest BCUT2D eigenvalue weighted by molar-refractivity contribution is 6.35. The fraction of sp³-hybridized carbons (Fsp3) is 0.625. The number of nitrogens with one attached hydrogen (secondary N) is 1. The molecule has 0 spiro atoms. The number of nitrogens with zero attached hydrogens (tertiary/aromatic N) is 1. The molecule has 0 aliphatic carbocycles. The van der Waals surface area contributed by atoms with E-state index in [1.54, 1.807) is 12.1 Å². The van der Waals surface area contributed by atoms with Crippen LogP contribution in [0.2, 0.25) is 10.0 Å². The van der Waals surface area contributed by atoms with Gasteiger partial charge in [0.1, 0.15) is 5.75 Å². The molecule has 1 atom stereocenters. The molecule has 1 aromatic carbocycles. The zero-order chi connectivity index (χ0) is 15.4. The summed E-state index contributed by atoms with van der Waals surface area (Å²) in [5.74, 6) is 0.837. The molecule has 1 aliphatic rings. The summed E-state index contributed by atoms with van der Waals surface area (Å²) in [5.41, 5.74) is 0.823. The molecule has 0 saturated carbocycles. The largest absolute Gasteiger partial charge is 0.508 e. The number of rotatable bonds is 5. The lowest BCUT2D eigenvalue weighted by Gasteiger charge is -2.36. The Kier molecular flexibility index (Phi) is 6.18. The molecular formula is C16H24Cl2N2O. The van der Waals surface area contributed by atoms with E-state index in [1.807, 2.05) is 0 Å². The van der Waals surface area contributed by atoms with E-state index in [2.05, 4.69) is 24.1 Å². The highest BCUT2D eigenvalue weighted by Crippen LogP contribution is 2.40. The van der Waals surface area contributed by atoms with Gasteiger partial charge in [-0.2, -0.15) is 0 Å². The van der Waals surface area contributed by atoms with Gasteiger partial charge >= 0.3 is 0 Å². The molecule has 0 bridgehead atoms. The SMILES string of the molecule is CC(C)CC[C@@H](c1c(O)cc(Cl)cc1Cl)N1CCNCC1. The van der Waals surface area contributed by atoms with Crippen molar-refractivity contribution in [3.05, 3.63) is 27.7 Å². The third kappa shape index (κ3) is 4.49. The second-order valence-corrected chi connectivity index (χ2v) is 6.94. The van der Waals surface area contributed by atoms with Gasteiger partial charge in [0.15, 0.2) is 0 Å². The summed E-state index contributed by atoms with van der Waals surface area (Å²) in [6.07, 6.45) is 2.10. The molecule has 0 amide bonds. The Hall–Kier alpha value is -0.480. The molecule has 5 heteroatoms. The average Bonchev–Trinajstić information content (AvgIpc) is 2.42. The summed E-state index contributed by atoms with van der Waals surface area (Å²) in [5, 5.41) is 14.7. The zero-order valence-electron chi connectivity index (χ0n) is 12.7. The van der Waals surface area contributed by atoms with Gasteiger partial charge < -0.3 is 10.4 Å². The first-order valence-electron chi connectivity index (χ1n) is 7.61. The lowest BCUT2D eigenvalue weighted by atomic mass is 9.95. The number of benzene rings is 1. The van der Waals surface area contributed by atoms with Gasteiger partial charge in [-0.15, -0.1) is 0 Å². The Labute approximate surface area is 137 Å². The molecule has 1 fully saturated rings. The Balaban J connectivity index is 2.29. The molecule has 118 valence electrons. The van der Waals surface area contributed by atoms with Crippen molar-refractivity contribution >= 4 is 23.2 Å². The van der Waals surface area contributed by atoms with Gasteiger partial charge in [-0.05, 0) is 30.9 Å². The molecule has 0 aromatic heterocycles. The van der Waals surface area contributed by atoms with E-state index in [9.17, 15) is 5.11 Å². The number of piperazine rings is 1. The molecule has 1 aromatic rings. The maximum atomic E-state index is 10.3. The maximum absolute atomic E-state index is 10.3.